The molecule has 1 aliphatic carbocycles. The van der Waals surface area contributed by atoms with Gasteiger partial charge in [-0.25, -0.2) is 9.97 Å². The summed E-state index contributed by atoms with van der Waals surface area (Å²) in [7, 11) is 0. The van der Waals surface area contributed by atoms with Gasteiger partial charge in [-0.2, -0.15) is 5.10 Å². The summed E-state index contributed by atoms with van der Waals surface area (Å²) in [4.78, 5) is 38.7. The first-order chi connectivity index (χ1) is 21.7. The molecule has 2 fully saturated rings. The average Bonchev–Trinajstić information content (AvgIpc) is 3.76. The molecule has 236 valence electrons. The third kappa shape index (κ3) is 6.77. The number of thiazole rings is 1. The average molecular weight is 630 g/mol. The molecule has 4 aromatic rings. The number of ether oxygens (including phenoxy) is 1. The number of aryl methyl sites for hydroxylation is 1. The normalized spacial score (nSPS) is 21.9. The van der Waals surface area contributed by atoms with Crippen molar-refractivity contribution in [1.82, 2.24) is 30.0 Å². The predicted molar refractivity (Wildman–Crippen MR) is 171 cm³/mol. The zero-order valence-corrected chi connectivity index (χ0v) is 26.5. The molecule has 0 spiro atoms. The van der Waals surface area contributed by atoms with E-state index < -0.39 is 18.2 Å². The number of hydrogen-bond acceptors (Lipinski definition) is 9. The number of likely N-dealkylation sites (tertiary alicyclic amines) is 1. The summed E-state index contributed by atoms with van der Waals surface area (Å²) < 4.78 is 7.61. The first-order valence-corrected chi connectivity index (χ1v) is 16.2. The first kappa shape index (κ1) is 30.9. The topological polar surface area (TPSA) is 148 Å². The van der Waals surface area contributed by atoms with E-state index in [2.05, 4.69) is 20.4 Å². The Morgan fingerprint density at radius 1 is 1.11 bits per heavy atom. The third-order valence-corrected chi connectivity index (χ3v) is 9.53. The van der Waals surface area contributed by atoms with Gasteiger partial charge < -0.3 is 25.8 Å². The second-order valence-electron chi connectivity index (χ2n) is 12.3. The van der Waals surface area contributed by atoms with Gasteiger partial charge in [0.15, 0.2) is 0 Å². The molecule has 0 radical (unpaired) electrons. The zero-order valence-electron chi connectivity index (χ0n) is 25.7. The van der Waals surface area contributed by atoms with Crippen molar-refractivity contribution in [3.63, 3.8) is 0 Å². The minimum Gasteiger partial charge on any atom is -0.474 e. The van der Waals surface area contributed by atoms with E-state index in [9.17, 15) is 14.7 Å². The number of amides is 2. The highest BCUT2D eigenvalue weighted by Gasteiger charge is 2.42. The van der Waals surface area contributed by atoms with Gasteiger partial charge in [-0.3, -0.25) is 14.3 Å². The highest BCUT2D eigenvalue weighted by Crippen LogP contribution is 2.31. The summed E-state index contributed by atoms with van der Waals surface area (Å²) in [6.07, 6.45) is 6.34. The SMILES string of the molecule is Cc1ncsc1-c1ccc(CNC(=O)[C@@H]2C[C@@H](O)CN2C(=O)C(C(C)C)n2cc(-c3ccnc(OC4CC(N)C4)c3)cn2)cc1. The van der Waals surface area contributed by atoms with Gasteiger partial charge in [0.25, 0.3) is 0 Å². The van der Waals surface area contributed by atoms with Crippen LogP contribution in [0.2, 0.25) is 0 Å². The monoisotopic (exact) mass is 629 g/mol. The van der Waals surface area contributed by atoms with Gasteiger partial charge in [0.1, 0.15) is 18.2 Å². The molecule has 3 atom stereocenters. The molecule has 0 bridgehead atoms. The Morgan fingerprint density at radius 3 is 2.58 bits per heavy atom. The Bertz CT molecular complexity index is 1650. The standard InChI is InChI=1S/C33H39N7O4S/c1-19(2)30(40-16-24(15-38-40)23-8-9-35-29(10-23)44-27-11-25(34)12-27)33(43)39-17-26(41)13-28(39)32(42)36-14-21-4-6-22(7-5-21)31-20(3)37-18-45-31/h4-10,15-16,18-19,25-28,30,41H,11-14,17,34H2,1-3H3,(H,36,42)/t25?,26-,27?,28+,30?/m1/s1. The molecular formula is C33H39N7O4S. The van der Waals surface area contributed by atoms with Crippen LogP contribution >= 0.6 is 11.3 Å². The van der Waals surface area contributed by atoms with Crippen molar-refractivity contribution in [2.24, 2.45) is 11.7 Å². The quantitative estimate of drug-likeness (QED) is 0.240. The van der Waals surface area contributed by atoms with E-state index in [1.54, 1.807) is 28.4 Å². The van der Waals surface area contributed by atoms with E-state index in [1.807, 2.05) is 68.9 Å². The van der Waals surface area contributed by atoms with E-state index >= 15 is 0 Å². The zero-order chi connectivity index (χ0) is 31.7. The van der Waals surface area contributed by atoms with Gasteiger partial charge in [-0.15, -0.1) is 11.3 Å². The number of pyridine rings is 1. The second kappa shape index (κ2) is 13.1. The van der Waals surface area contributed by atoms with Gasteiger partial charge in [-0.05, 0) is 48.4 Å². The van der Waals surface area contributed by atoms with Crippen molar-refractivity contribution in [3.8, 4) is 27.4 Å². The van der Waals surface area contributed by atoms with Crippen LogP contribution in [-0.4, -0.2) is 72.4 Å². The van der Waals surface area contributed by atoms with Crippen LogP contribution in [0.4, 0.5) is 0 Å². The highest BCUT2D eigenvalue weighted by atomic mass is 32.1. The van der Waals surface area contributed by atoms with Crippen LogP contribution in [0.5, 0.6) is 5.88 Å². The van der Waals surface area contributed by atoms with E-state index in [0.717, 1.165) is 45.7 Å². The molecule has 6 rings (SSSR count). The molecular weight excluding hydrogens is 590 g/mol. The van der Waals surface area contributed by atoms with Crippen LogP contribution in [-0.2, 0) is 16.1 Å². The molecule has 45 heavy (non-hydrogen) atoms. The molecule has 1 saturated heterocycles. The van der Waals surface area contributed by atoms with E-state index in [0.29, 0.717) is 12.4 Å². The lowest BCUT2D eigenvalue weighted by molar-refractivity contribution is -0.142. The Morgan fingerprint density at radius 2 is 1.89 bits per heavy atom. The lowest BCUT2D eigenvalue weighted by Gasteiger charge is -2.32. The summed E-state index contributed by atoms with van der Waals surface area (Å²) in [5.41, 5.74) is 12.4. The fourth-order valence-electron chi connectivity index (χ4n) is 6.01. The van der Waals surface area contributed by atoms with Gasteiger partial charge in [-0.1, -0.05) is 38.1 Å². The largest absolute Gasteiger partial charge is 0.474 e. The van der Waals surface area contributed by atoms with Crippen molar-refractivity contribution >= 4 is 23.2 Å². The van der Waals surface area contributed by atoms with Crippen LogP contribution < -0.4 is 15.8 Å². The number of β-amino-alcohol motifs (C(OH)–C–C–N with tert-alkyl or cyclic N) is 1. The number of nitrogens with two attached hydrogens (primary N) is 1. The molecule has 1 saturated carbocycles. The van der Waals surface area contributed by atoms with E-state index in [-0.39, 0.29) is 42.8 Å². The van der Waals surface area contributed by atoms with Crippen molar-refractivity contribution in [1.29, 1.82) is 0 Å². The Balaban J connectivity index is 1.12. The number of nitrogens with one attached hydrogen (secondary N) is 1. The number of carbonyl (C=O) groups excluding carboxylic acids is 2. The minimum atomic E-state index is -0.784. The number of rotatable bonds is 10. The minimum absolute atomic E-state index is 0.0772. The maximum absolute atomic E-state index is 14.0. The van der Waals surface area contributed by atoms with E-state index in [1.165, 1.54) is 4.90 Å². The summed E-state index contributed by atoms with van der Waals surface area (Å²) in [5, 5.41) is 18.1. The molecule has 11 nitrogen and oxygen atoms in total. The Kier molecular flexibility index (Phi) is 8.97. The molecule has 4 N–H and O–H groups in total. The van der Waals surface area contributed by atoms with Crippen LogP contribution in [0, 0.1) is 12.8 Å². The molecule has 1 aromatic carbocycles. The Labute approximate surface area is 266 Å². The van der Waals surface area contributed by atoms with Crippen molar-refractivity contribution in [2.45, 2.75) is 76.9 Å². The van der Waals surface area contributed by atoms with Gasteiger partial charge in [0.2, 0.25) is 17.7 Å². The number of hydrogen-bond donors (Lipinski definition) is 3. The van der Waals surface area contributed by atoms with Crippen LogP contribution in [0.3, 0.4) is 0 Å². The summed E-state index contributed by atoms with van der Waals surface area (Å²) >= 11 is 1.60. The van der Waals surface area contributed by atoms with Crippen LogP contribution in [0.25, 0.3) is 21.6 Å². The number of aromatic nitrogens is 4. The number of aliphatic hydroxyl groups excluding tert-OH is 1. The lowest BCUT2D eigenvalue weighted by atomic mass is 9.90. The molecule has 4 heterocycles. The highest BCUT2D eigenvalue weighted by molar-refractivity contribution is 7.13. The smallest absolute Gasteiger partial charge is 0.248 e. The van der Waals surface area contributed by atoms with Crippen molar-refractivity contribution in [3.05, 3.63) is 71.8 Å². The van der Waals surface area contributed by atoms with Crippen molar-refractivity contribution in [2.75, 3.05) is 6.54 Å². The fraction of sp³-hybridized carbons (Fsp3) is 0.424. The Hall–Kier alpha value is -4.13. The summed E-state index contributed by atoms with van der Waals surface area (Å²) in [6, 6.07) is 10.5. The summed E-state index contributed by atoms with van der Waals surface area (Å²) in [5.74, 6) is -0.130. The maximum Gasteiger partial charge on any atom is 0.248 e. The lowest BCUT2D eigenvalue weighted by Crippen LogP contribution is -2.49. The number of nitrogens with zero attached hydrogens (tertiary/aromatic N) is 5. The van der Waals surface area contributed by atoms with Crippen LogP contribution in [0.15, 0.2) is 60.5 Å². The fourth-order valence-corrected chi connectivity index (χ4v) is 6.82. The van der Waals surface area contributed by atoms with E-state index in [4.69, 9.17) is 10.5 Å². The first-order valence-electron chi connectivity index (χ1n) is 15.3. The number of aliphatic hydroxyl groups is 1. The molecule has 12 heteroatoms. The molecule has 2 amide bonds. The van der Waals surface area contributed by atoms with Crippen LogP contribution in [0.1, 0.15) is 50.4 Å². The number of benzene rings is 1. The number of carbonyl (C=O) groups is 2. The molecule has 1 aliphatic heterocycles. The molecule has 3 aromatic heterocycles. The third-order valence-electron chi connectivity index (χ3n) is 8.55. The van der Waals surface area contributed by atoms with Gasteiger partial charge in [0, 0.05) is 49.6 Å². The predicted octanol–water partition coefficient (Wildman–Crippen LogP) is 3.72. The van der Waals surface area contributed by atoms with Crippen molar-refractivity contribution < 1.29 is 19.4 Å². The second-order valence-corrected chi connectivity index (χ2v) is 13.2. The van der Waals surface area contributed by atoms with Gasteiger partial charge in [0.05, 0.1) is 28.4 Å². The summed E-state index contributed by atoms with van der Waals surface area (Å²) in [6.45, 7) is 6.29. The maximum atomic E-state index is 14.0. The molecule has 2 aliphatic rings. The van der Waals surface area contributed by atoms with Gasteiger partial charge >= 0.3 is 0 Å². The molecule has 1 unspecified atom stereocenters.